The van der Waals surface area contributed by atoms with Crippen molar-refractivity contribution in [2.45, 2.75) is 36.6 Å². The van der Waals surface area contributed by atoms with Gasteiger partial charge in [0.25, 0.3) is 0 Å². The van der Waals surface area contributed by atoms with E-state index in [1.807, 2.05) is 43.5 Å². The summed E-state index contributed by atoms with van der Waals surface area (Å²) in [7, 11) is 0. The summed E-state index contributed by atoms with van der Waals surface area (Å²) in [5.41, 5.74) is 3.81. The molecule has 1 aromatic heterocycles. The fourth-order valence-electron chi connectivity index (χ4n) is 3.61. The second kappa shape index (κ2) is 9.31. The molecule has 0 aliphatic carbocycles. The van der Waals surface area contributed by atoms with Gasteiger partial charge in [0, 0.05) is 28.7 Å². The molecule has 0 spiro atoms. The molecule has 0 unspecified atom stereocenters. The molecule has 0 aliphatic heterocycles. The number of hydrogen-bond donors (Lipinski definition) is 1. The minimum absolute atomic E-state index is 0.109. The number of benzene rings is 3. The Morgan fingerprint density at radius 2 is 1.82 bits per heavy atom. The number of carboxylic acids is 1. The van der Waals surface area contributed by atoms with Gasteiger partial charge in [0.2, 0.25) is 0 Å². The third kappa shape index (κ3) is 5.39. The summed E-state index contributed by atoms with van der Waals surface area (Å²) in [6.45, 7) is 1.98. The Balaban J connectivity index is 1.52. The average molecular weight is 471 g/mol. The molecule has 3 aromatic carbocycles. The Kier molecular flexibility index (Phi) is 6.47. The maximum Gasteiger partial charge on any atom is 0.416 e. The van der Waals surface area contributed by atoms with E-state index in [1.165, 1.54) is 12.1 Å². The van der Waals surface area contributed by atoms with Gasteiger partial charge < -0.3 is 5.11 Å². The van der Waals surface area contributed by atoms with Crippen LogP contribution in [0.25, 0.3) is 16.6 Å². The van der Waals surface area contributed by atoms with Gasteiger partial charge >= 0.3 is 12.1 Å². The molecule has 1 N–H and O–H groups in total. The number of halogens is 3. The van der Waals surface area contributed by atoms with E-state index in [1.54, 1.807) is 16.4 Å². The van der Waals surface area contributed by atoms with Gasteiger partial charge in [-0.2, -0.15) is 18.3 Å². The average Bonchev–Trinajstić information content (AvgIpc) is 3.21. The number of carbonyl (C=O) groups is 1. The lowest BCUT2D eigenvalue weighted by molar-refractivity contribution is -0.138. The van der Waals surface area contributed by atoms with Crippen LogP contribution < -0.4 is 0 Å². The highest BCUT2D eigenvalue weighted by molar-refractivity contribution is 7.98. The van der Waals surface area contributed by atoms with Crippen LogP contribution in [0.4, 0.5) is 13.2 Å². The van der Waals surface area contributed by atoms with E-state index in [-0.39, 0.29) is 6.42 Å². The molecule has 0 aliphatic rings. The number of nitrogens with zero attached hydrogens (tertiary/aromatic N) is 2. The molecule has 0 atom stereocenters. The smallest absolute Gasteiger partial charge is 0.416 e. The van der Waals surface area contributed by atoms with Gasteiger partial charge in [-0.05, 0) is 72.5 Å². The Morgan fingerprint density at radius 1 is 1.06 bits per heavy atom. The monoisotopic (exact) mass is 470 g/mol. The van der Waals surface area contributed by atoms with Crippen molar-refractivity contribution in [1.29, 1.82) is 0 Å². The maximum absolute atomic E-state index is 12.8. The van der Waals surface area contributed by atoms with Gasteiger partial charge in [0.05, 0.1) is 16.8 Å². The Hall–Kier alpha value is -3.26. The van der Waals surface area contributed by atoms with E-state index in [9.17, 15) is 18.0 Å². The predicted molar refractivity (Wildman–Crippen MR) is 123 cm³/mol. The predicted octanol–water partition coefficient (Wildman–Crippen LogP) is 6.66. The second-order valence-electron chi connectivity index (χ2n) is 7.74. The Bertz CT molecular complexity index is 1300. The fraction of sp³-hybridized carbons (Fsp3) is 0.200. The number of fused-ring (bicyclic) bond motifs is 1. The SMILES string of the molecule is Cc1cc(SCc2cccc3nn(-c4ccc(C(F)(F)F)cc4)cc23)ccc1CCC(=O)O. The fourth-order valence-corrected chi connectivity index (χ4v) is 4.60. The van der Waals surface area contributed by atoms with Gasteiger partial charge in [0.15, 0.2) is 0 Å². The first-order chi connectivity index (χ1) is 15.7. The van der Waals surface area contributed by atoms with Gasteiger partial charge in [0.1, 0.15) is 0 Å². The summed E-state index contributed by atoms with van der Waals surface area (Å²) >= 11 is 1.67. The lowest BCUT2D eigenvalue weighted by Gasteiger charge is -2.08. The quantitative estimate of drug-likeness (QED) is 0.307. The normalized spacial score (nSPS) is 11.8. The van der Waals surface area contributed by atoms with Gasteiger partial charge in [-0.3, -0.25) is 4.79 Å². The lowest BCUT2D eigenvalue weighted by Crippen LogP contribution is -2.05. The van der Waals surface area contributed by atoms with E-state index >= 15 is 0 Å². The standard InChI is InChI=1S/C25H21F3N2O2S/c1-16-13-21(11-5-17(16)6-12-24(31)32)33-15-18-3-2-4-23-22(18)14-30(29-23)20-9-7-19(8-10-20)25(26,27)28/h2-5,7-11,13-14H,6,12,15H2,1H3,(H,31,32). The molecule has 170 valence electrons. The Morgan fingerprint density at radius 3 is 2.48 bits per heavy atom. The van der Waals surface area contributed by atoms with Crippen molar-refractivity contribution in [2.75, 3.05) is 0 Å². The van der Waals surface area contributed by atoms with Crippen LogP contribution >= 0.6 is 11.8 Å². The van der Waals surface area contributed by atoms with E-state index in [4.69, 9.17) is 5.11 Å². The number of aromatic nitrogens is 2. The molecular formula is C25H21F3N2O2S. The number of alkyl halides is 3. The van der Waals surface area contributed by atoms with Crippen LogP contribution in [0.3, 0.4) is 0 Å². The third-order valence-electron chi connectivity index (χ3n) is 5.42. The Labute approximate surface area is 193 Å². The van der Waals surface area contributed by atoms with Crippen molar-refractivity contribution in [2.24, 2.45) is 0 Å². The van der Waals surface area contributed by atoms with Crippen molar-refractivity contribution in [3.05, 3.63) is 89.1 Å². The minimum Gasteiger partial charge on any atom is -0.481 e. The summed E-state index contributed by atoms with van der Waals surface area (Å²) < 4.78 is 40.1. The van der Waals surface area contributed by atoms with Crippen LogP contribution in [0, 0.1) is 6.92 Å². The van der Waals surface area contributed by atoms with Crippen LogP contribution in [0.2, 0.25) is 0 Å². The number of rotatable bonds is 7. The molecule has 0 fully saturated rings. The summed E-state index contributed by atoms with van der Waals surface area (Å²) in [6, 6.07) is 16.8. The van der Waals surface area contributed by atoms with Crippen LogP contribution in [0.5, 0.6) is 0 Å². The number of aryl methyl sites for hydroxylation is 2. The van der Waals surface area contributed by atoms with Crippen molar-refractivity contribution in [3.63, 3.8) is 0 Å². The van der Waals surface area contributed by atoms with Crippen molar-refractivity contribution >= 4 is 28.6 Å². The van der Waals surface area contributed by atoms with Crippen molar-refractivity contribution in [3.8, 4) is 5.69 Å². The molecule has 33 heavy (non-hydrogen) atoms. The highest BCUT2D eigenvalue weighted by Gasteiger charge is 2.30. The van der Waals surface area contributed by atoms with Crippen LogP contribution in [-0.4, -0.2) is 20.9 Å². The lowest BCUT2D eigenvalue weighted by atomic mass is 10.0. The molecule has 4 aromatic rings. The van der Waals surface area contributed by atoms with Gasteiger partial charge in [-0.15, -0.1) is 11.8 Å². The molecule has 0 saturated carbocycles. The van der Waals surface area contributed by atoms with E-state index in [2.05, 4.69) is 11.2 Å². The number of thioether (sulfide) groups is 1. The van der Waals surface area contributed by atoms with Crippen molar-refractivity contribution in [1.82, 2.24) is 9.78 Å². The van der Waals surface area contributed by atoms with E-state index in [0.29, 0.717) is 17.9 Å². The summed E-state index contributed by atoms with van der Waals surface area (Å²) in [5.74, 6) is -0.109. The third-order valence-corrected chi connectivity index (χ3v) is 6.46. The first-order valence-corrected chi connectivity index (χ1v) is 11.3. The second-order valence-corrected chi connectivity index (χ2v) is 8.79. The largest absolute Gasteiger partial charge is 0.481 e. The number of hydrogen-bond acceptors (Lipinski definition) is 3. The first kappa shape index (κ1) is 22.9. The van der Waals surface area contributed by atoms with Crippen LogP contribution in [0.15, 0.2) is 71.8 Å². The number of aliphatic carboxylic acids is 1. The van der Waals surface area contributed by atoms with Gasteiger partial charge in [-0.1, -0.05) is 18.2 Å². The van der Waals surface area contributed by atoms with Gasteiger partial charge in [-0.25, -0.2) is 4.68 Å². The first-order valence-electron chi connectivity index (χ1n) is 10.3. The summed E-state index contributed by atoms with van der Waals surface area (Å²) in [6.07, 6.45) is -1.91. The molecule has 1 heterocycles. The van der Waals surface area contributed by atoms with Crippen LogP contribution in [-0.2, 0) is 23.1 Å². The molecule has 8 heteroatoms. The zero-order valence-corrected chi connectivity index (χ0v) is 18.6. The zero-order chi connectivity index (χ0) is 23.6. The highest BCUT2D eigenvalue weighted by Crippen LogP contribution is 2.31. The molecule has 0 amide bonds. The molecule has 4 nitrogen and oxygen atoms in total. The van der Waals surface area contributed by atoms with Crippen LogP contribution in [0.1, 0.15) is 28.7 Å². The zero-order valence-electron chi connectivity index (χ0n) is 17.8. The summed E-state index contributed by atoms with van der Waals surface area (Å²) in [5, 5.41) is 14.4. The van der Waals surface area contributed by atoms with E-state index in [0.717, 1.165) is 44.6 Å². The molecule has 0 radical (unpaired) electrons. The highest BCUT2D eigenvalue weighted by atomic mass is 32.2. The minimum atomic E-state index is -4.37. The number of carboxylic acid groups (broad SMARTS) is 1. The van der Waals surface area contributed by atoms with E-state index < -0.39 is 17.7 Å². The maximum atomic E-state index is 12.8. The molecule has 0 bridgehead atoms. The van der Waals surface area contributed by atoms with Crippen molar-refractivity contribution < 1.29 is 23.1 Å². The summed E-state index contributed by atoms with van der Waals surface area (Å²) in [4.78, 5) is 11.9. The topological polar surface area (TPSA) is 55.1 Å². The molecule has 4 rings (SSSR count). The molecule has 0 saturated heterocycles. The molecular weight excluding hydrogens is 449 g/mol.